The third kappa shape index (κ3) is 3.36. The maximum Gasteiger partial charge on any atom is 0.310 e. The molecule has 4 nitrogen and oxygen atoms in total. The van der Waals surface area contributed by atoms with Gasteiger partial charge in [-0.25, -0.2) is 0 Å². The molecule has 0 unspecified atom stereocenters. The van der Waals surface area contributed by atoms with Crippen molar-refractivity contribution in [3.05, 3.63) is 28.3 Å². The Balaban J connectivity index is 3.00. The Morgan fingerprint density at radius 1 is 1.53 bits per heavy atom. The summed E-state index contributed by atoms with van der Waals surface area (Å²) in [5, 5.41) is 9.15. The van der Waals surface area contributed by atoms with Crippen LogP contribution in [-0.2, 0) is 16.0 Å². The molecular formula is C12H12ClNO3. The molecule has 0 atom stereocenters. The van der Waals surface area contributed by atoms with Crippen molar-refractivity contribution in [1.82, 2.24) is 0 Å². The first-order valence-electron chi connectivity index (χ1n) is 5.04. The number of nitrogens with zero attached hydrogens (tertiary/aromatic N) is 1. The van der Waals surface area contributed by atoms with Crippen LogP contribution in [0.2, 0.25) is 5.02 Å². The fraction of sp³-hybridized carbons (Fsp3) is 0.333. The normalized spacial score (nSPS) is 9.53. The minimum absolute atomic E-state index is 0.107. The summed E-state index contributed by atoms with van der Waals surface area (Å²) in [4.78, 5) is 11.3. The van der Waals surface area contributed by atoms with E-state index >= 15 is 0 Å². The maximum atomic E-state index is 11.3. The molecule has 0 aliphatic rings. The lowest BCUT2D eigenvalue weighted by molar-refractivity contribution is -0.142. The van der Waals surface area contributed by atoms with Crippen molar-refractivity contribution in [2.45, 2.75) is 13.3 Å². The molecule has 0 amide bonds. The summed E-state index contributed by atoms with van der Waals surface area (Å²) in [6.45, 7) is 2.07. The maximum absolute atomic E-state index is 11.3. The summed E-state index contributed by atoms with van der Waals surface area (Å²) in [5.41, 5.74) is 0.922. The standard InChI is InChI=1S/C12H12ClNO3/c1-3-17-12(15)6-8-4-10(13)9(7-14)11(5-8)16-2/h4-5H,3,6H2,1-2H3. The van der Waals surface area contributed by atoms with Gasteiger partial charge in [-0.1, -0.05) is 11.6 Å². The molecular weight excluding hydrogens is 242 g/mol. The number of nitriles is 1. The van der Waals surface area contributed by atoms with Crippen LogP contribution in [0.4, 0.5) is 0 Å². The molecule has 0 heterocycles. The first-order valence-corrected chi connectivity index (χ1v) is 5.42. The Morgan fingerprint density at radius 3 is 2.76 bits per heavy atom. The van der Waals surface area contributed by atoms with Crippen molar-refractivity contribution in [2.75, 3.05) is 13.7 Å². The number of ether oxygens (including phenoxy) is 2. The van der Waals surface area contributed by atoms with Crippen molar-refractivity contribution < 1.29 is 14.3 Å². The number of carbonyl (C=O) groups is 1. The highest BCUT2D eigenvalue weighted by Crippen LogP contribution is 2.28. The summed E-state index contributed by atoms with van der Waals surface area (Å²) >= 11 is 5.92. The van der Waals surface area contributed by atoms with Gasteiger partial charge in [0, 0.05) is 0 Å². The molecule has 0 saturated carbocycles. The Hall–Kier alpha value is -1.73. The average Bonchev–Trinajstić information content (AvgIpc) is 2.28. The Bertz CT molecular complexity index is 466. The monoisotopic (exact) mass is 253 g/mol. The van der Waals surface area contributed by atoms with Crippen molar-refractivity contribution in [3.8, 4) is 11.8 Å². The fourth-order valence-corrected chi connectivity index (χ4v) is 1.66. The molecule has 0 spiro atoms. The molecule has 1 aromatic rings. The number of methoxy groups -OCH3 is 1. The zero-order valence-corrected chi connectivity index (χ0v) is 10.4. The minimum atomic E-state index is -0.338. The second-order valence-corrected chi connectivity index (χ2v) is 3.66. The molecule has 1 aromatic carbocycles. The fourth-order valence-electron chi connectivity index (χ4n) is 1.39. The second-order valence-electron chi connectivity index (χ2n) is 3.25. The Morgan fingerprint density at radius 2 is 2.24 bits per heavy atom. The van der Waals surface area contributed by atoms with Crippen LogP contribution >= 0.6 is 11.6 Å². The lowest BCUT2D eigenvalue weighted by Gasteiger charge is -2.08. The van der Waals surface area contributed by atoms with Crippen LogP contribution in [-0.4, -0.2) is 19.7 Å². The number of halogens is 1. The summed E-state index contributed by atoms with van der Waals surface area (Å²) < 4.78 is 9.87. The van der Waals surface area contributed by atoms with E-state index in [1.54, 1.807) is 19.1 Å². The van der Waals surface area contributed by atoms with Crippen LogP contribution in [0.3, 0.4) is 0 Å². The molecule has 0 N–H and O–H groups in total. The quantitative estimate of drug-likeness (QED) is 0.773. The Labute approximate surface area is 105 Å². The lowest BCUT2D eigenvalue weighted by atomic mass is 10.1. The summed E-state index contributed by atoms with van der Waals surface area (Å²) in [6.07, 6.45) is 0.107. The first kappa shape index (κ1) is 13.3. The van der Waals surface area contributed by atoms with Crippen molar-refractivity contribution in [1.29, 1.82) is 5.26 Å². The van der Waals surface area contributed by atoms with Gasteiger partial charge in [0.1, 0.15) is 17.4 Å². The number of carbonyl (C=O) groups excluding carboxylic acids is 1. The van der Waals surface area contributed by atoms with Gasteiger partial charge in [0.15, 0.2) is 0 Å². The van der Waals surface area contributed by atoms with Crippen molar-refractivity contribution >= 4 is 17.6 Å². The van der Waals surface area contributed by atoms with Gasteiger partial charge in [-0.3, -0.25) is 4.79 Å². The largest absolute Gasteiger partial charge is 0.495 e. The molecule has 0 saturated heterocycles. The minimum Gasteiger partial charge on any atom is -0.495 e. The highest BCUT2D eigenvalue weighted by molar-refractivity contribution is 6.32. The lowest BCUT2D eigenvalue weighted by Crippen LogP contribution is -2.07. The second kappa shape index (κ2) is 6.12. The van der Waals surface area contributed by atoms with E-state index in [0.717, 1.165) is 0 Å². The van der Waals surface area contributed by atoms with Gasteiger partial charge in [0.05, 0.1) is 25.2 Å². The molecule has 1 rings (SSSR count). The van der Waals surface area contributed by atoms with Gasteiger partial charge in [0.25, 0.3) is 0 Å². The highest BCUT2D eigenvalue weighted by Gasteiger charge is 2.12. The summed E-state index contributed by atoms with van der Waals surface area (Å²) in [6, 6.07) is 5.13. The summed E-state index contributed by atoms with van der Waals surface area (Å²) in [5.74, 6) is 0.0228. The van der Waals surface area contributed by atoms with Crippen molar-refractivity contribution in [2.24, 2.45) is 0 Å². The highest BCUT2D eigenvalue weighted by atomic mass is 35.5. The van der Waals surface area contributed by atoms with Gasteiger partial charge >= 0.3 is 5.97 Å². The Kier molecular flexibility index (Phi) is 4.80. The van der Waals surface area contributed by atoms with E-state index in [9.17, 15) is 4.79 Å². The number of hydrogen-bond donors (Lipinski definition) is 0. The molecule has 0 bridgehead atoms. The van der Waals surface area contributed by atoms with E-state index in [0.29, 0.717) is 17.9 Å². The predicted molar refractivity (Wildman–Crippen MR) is 63.1 cm³/mol. The zero-order chi connectivity index (χ0) is 12.8. The molecule has 0 aromatic heterocycles. The molecule has 5 heteroatoms. The van der Waals surface area contributed by atoms with E-state index in [1.807, 2.05) is 6.07 Å². The van der Waals surface area contributed by atoms with E-state index < -0.39 is 0 Å². The van der Waals surface area contributed by atoms with Crippen molar-refractivity contribution in [3.63, 3.8) is 0 Å². The number of benzene rings is 1. The van der Waals surface area contributed by atoms with Crippen LogP contribution in [0.25, 0.3) is 0 Å². The van der Waals surface area contributed by atoms with Gasteiger partial charge in [-0.2, -0.15) is 5.26 Å². The molecule has 0 fully saturated rings. The van der Waals surface area contributed by atoms with Crippen LogP contribution in [0, 0.1) is 11.3 Å². The predicted octanol–water partition coefficient (Wildman–Crippen LogP) is 2.33. The summed E-state index contributed by atoms with van der Waals surface area (Å²) in [7, 11) is 1.45. The zero-order valence-electron chi connectivity index (χ0n) is 9.62. The average molecular weight is 254 g/mol. The smallest absolute Gasteiger partial charge is 0.310 e. The molecule has 17 heavy (non-hydrogen) atoms. The molecule has 0 aliphatic carbocycles. The van der Waals surface area contributed by atoms with Gasteiger partial charge in [-0.05, 0) is 24.6 Å². The molecule has 90 valence electrons. The van der Waals surface area contributed by atoms with Crippen LogP contribution in [0.1, 0.15) is 18.1 Å². The number of esters is 1. The topological polar surface area (TPSA) is 59.3 Å². The van der Waals surface area contributed by atoms with E-state index in [4.69, 9.17) is 26.3 Å². The third-order valence-corrected chi connectivity index (χ3v) is 2.40. The SMILES string of the molecule is CCOC(=O)Cc1cc(Cl)c(C#N)c(OC)c1. The van der Waals surface area contributed by atoms with Gasteiger partial charge < -0.3 is 9.47 Å². The third-order valence-electron chi connectivity index (χ3n) is 2.10. The van der Waals surface area contributed by atoms with Crippen LogP contribution in [0.15, 0.2) is 12.1 Å². The van der Waals surface area contributed by atoms with E-state index in [1.165, 1.54) is 7.11 Å². The van der Waals surface area contributed by atoms with E-state index in [2.05, 4.69) is 0 Å². The molecule has 0 radical (unpaired) electrons. The van der Waals surface area contributed by atoms with Crippen LogP contribution in [0.5, 0.6) is 5.75 Å². The number of hydrogen-bond acceptors (Lipinski definition) is 4. The first-order chi connectivity index (χ1) is 8.12. The van der Waals surface area contributed by atoms with E-state index in [-0.39, 0.29) is 23.0 Å². The van der Waals surface area contributed by atoms with Gasteiger partial charge in [0.2, 0.25) is 0 Å². The van der Waals surface area contributed by atoms with Gasteiger partial charge in [-0.15, -0.1) is 0 Å². The van der Waals surface area contributed by atoms with Crippen LogP contribution < -0.4 is 4.74 Å². The number of rotatable bonds is 4. The molecule has 0 aliphatic heterocycles.